The fourth-order valence-electron chi connectivity index (χ4n) is 1.70. The normalized spacial score (nSPS) is 9.95. The van der Waals surface area contributed by atoms with Gasteiger partial charge in [0, 0.05) is 12.2 Å². The van der Waals surface area contributed by atoms with Crippen molar-refractivity contribution in [3.8, 4) is 0 Å². The van der Waals surface area contributed by atoms with Crippen molar-refractivity contribution in [2.24, 2.45) is 0 Å². The molecular formula is C15H16N2OS. The number of thiocarbonyl (C=S) groups is 1. The van der Waals surface area contributed by atoms with Crippen LogP contribution in [-0.4, -0.2) is 10.2 Å². The molecule has 0 heterocycles. The van der Waals surface area contributed by atoms with Crippen molar-refractivity contribution in [2.45, 2.75) is 13.2 Å². The molecule has 2 aromatic rings. The quantitative estimate of drug-likeness (QED) is 0.749. The lowest BCUT2D eigenvalue weighted by molar-refractivity contribution is 0.282. The second-order valence-electron chi connectivity index (χ2n) is 4.15. The molecule has 0 fully saturated rings. The minimum absolute atomic E-state index is 0.0275. The number of nitrogens with one attached hydrogen (secondary N) is 2. The molecule has 2 rings (SSSR count). The van der Waals surface area contributed by atoms with Gasteiger partial charge in [-0.25, -0.2) is 0 Å². The molecule has 3 nitrogen and oxygen atoms in total. The van der Waals surface area contributed by atoms with Crippen LogP contribution in [0.3, 0.4) is 0 Å². The van der Waals surface area contributed by atoms with Crippen LogP contribution in [0.2, 0.25) is 0 Å². The topological polar surface area (TPSA) is 44.3 Å². The maximum atomic E-state index is 9.07. The summed E-state index contributed by atoms with van der Waals surface area (Å²) in [6.45, 7) is 0.714. The summed E-state index contributed by atoms with van der Waals surface area (Å²) in [4.78, 5) is 0. The van der Waals surface area contributed by atoms with Gasteiger partial charge in [0.1, 0.15) is 0 Å². The third kappa shape index (κ3) is 4.35. The summed E-state index contributed by atoms with van der Waals surface area (Å²) >= 11 is 5.23. The Labute approximate surface area is 118 Å². The number of aliphatic hydroxyl groups excluding tert-OH is 1. The Morgan fingerprint density at radius 1 is 1.00 bits per heavy atom. The van der Waals surface area contributed by atoms with Crippen LogP contribution in [0, 0.1) is 0 Å². The first kappa shape index (κ1) is 13.5. The highest BCUT2D eigenvalue weighted by Crippen LogP contribution is 2.10. The molecule has 0 aromatic heterocycles. The Hall–Kier alpha value is -1.91. The van der Waals surface area contributed by atoms with Crippen molar-refractivity contribution in [2.75, 3.05) is 5.32 Å². The molecule has 0 aliphatic carbocycles. The molecule has 2 aromatic carbocycles. The van der Waals surface area contributed by atoms with E-state index in [0.717, 1.165) is 11.3 Å². The maximum absolute atomic E-state index is 9.07. The third-order valence-corrected chi connectivity index (χ3v) is 2.91. The van der Waals surface area contributed by atoms with E-state index in [1.807, 2.05) is 54.6 Å². The monoisotopic (exact) mass is 272 g/mol. The summed E-state index contributed by atoms with van der Waals surface area (Å²) in [5.41, 5.74) is 2.91. The minimum atomic E-state index is 0.0275. The van der Waals surface area contributed by atoms with E-state index in [2.05, 4.69) is 10.6 Å². The Bertz CT molecular complexity index is 543. The van der Waals surface area contributed by atoms with E-state index < -0.39 is 0 Å². The van der Waals surface area contributed by atoms with Crippen LogP contribution in [0.15, 0.2) is 54.6 Å². The molecule has 0 amide bonds. The molecule has 0 aliphatic heterocycles. The first-order chi connectivity index (χ1) is 9.28. The van der Waals surface area contributed by atoms with Gasteiger partial charge in [0.15, 0.2) is 5.11 Å². The number of benzene rings is 2. The Balaban J connectivity index is 1.87. The van der Waals surface area contributed by atoms with Gasteiger partial charge in [-0.1, -0.05) is 42.5 Å². The highest BCUT2D eigenvalue weighted by molar-refractivity contribution is 7.80. The van der Waals surface area contributed by atoms with E-state index in [0.29, 0.717) is 11.7 Å². The fourth-order valence-corrected chi connectivity index (χ4v) is 1.89. The Kier molecular flexibility index (Phi) is 4.89. The van der Waals surface area contributed by atoms with Crippen LogP contribution < -0.4 is 10.6 Å². The minimum Gasteiger partial charge on any atom is -0.392 e. The fraction of sp³-hybridized carbons (Fsp3) is 0.133. The van der Waals surface area contributed by atoms with Crippen molar-refractivity contribution in [3.63, 3.8) is 0 Å². The Morgan fingerprint density at radius 3 is 2.47 bits per heavy atom. The third-order valence-electron chi connectivity index (χ3n) is 2.66. The standard InChI is InChI=1S/C15H16N2OS/c18-11-13-7-4-8-14(9-13)17-15(19)16-10-12-5-2-1-3-6-12/h1-9,18H,10-11H2,(H2,16,17,19). The lowest BCUT2D eigenvalue weighted by Crippen LogP contribution is -2.27. The molecule has 98 valence electrons. The largest absolute Gasteiger partial charge is 0.392 e. The molecule has 0 saturated carbocycles. The zero-order valence-electron chi connectivity index (χ0n) is 10.5. The van der Waals surface area contributed by atoms with Crippen molar-refractivity contribution in [1.29, 1.82) is 0 Å². The first-order valence-electron chi connectivity index (χ1n) is 6.06. The molecule has 0 spiro atoms. The van der Waals surface area contributed by atoms with Crippen molar-refractivity contribution in [1.82, 2.24) is 5.32 Å². The van der Waals surface area contributed by atoms with Gasteiger partial charge in [-0.05, 0) is 35.5 Å². The summed E-state index contributed by atoms with van der Waals surface area (Å²) in [7, 11) is 0. The van der Waals surface area contributed by atoms with E-state index in [-0.39, 0.29) is 6.61 Å². The lowest BCUT2D eigenvalue weighted by Gasteiger charge is -2.11. The smallest absolute Gasteiger partial charge is 0.171 e. The van der Waals surface area contributed by atoms with Crippen molar-refractivity contribution in [3.05, 3.63) is 65.7 Å². The molecule has 0 bridgehead atoms. The van der Waals surface area contributed by atoms with E-state index in [9.17, 15) is 0 Å². The van der Waals surface area contributed by atoms with Crippen LogP contribution in [0.4, 0.5) is 5.69 Å². The average molecular weight is 272 g/mol. The average Bonchev–Trinajstić information content (AvgIpc) is 2.46. The van der Waals surface area contributed by atoms with Gasteiger partial charge in [0.25, 0.3) is 0 Å². The van der Waals surface area contributed by atoms with E-state index in [4.69, 9.17) is 17.3 Å². The predicted octanol–water partition coefficient (Wildman–Crippen LogP) is 2.67. The van der Waals surface area contributed by atoms with Gasteiger partial charge in [-0.15, -0.1) is 0 Å². The van der Waals surface area contributed by atoms with Gasteiger partial charge in [-0.3, -0.25) is 0 Å². The summed E-state index contributed by atoms with van der Waals surface area (Å²) in [6.07, 6.45) is 0. The van der Waals surface area contributed by atoms with Crippen LogP contribution in [0.5, 0.6) is 0 Å². The van der Waals surface area contributed by atoms with Crippen LogP contribution in [0.25, 0.3) is 0 Å². The second-order valence-corrected chi connectivity index (χ2v) is 4.56. The summed E-state index contributed by atoms with van der Waals surface area (Å²) in [5.74, 6) is 0. The number of aliphatic hydroxyl groups is 1. The van der Waals surface area contributed by atoms with Crippen molar-refractivity contribution >= 4 is 23.0 Å². The number of anilines is 1. The molecule has 0 radical (unpaired) electrons. The number of rotatable bonds is 4. The van der Waals surface area contributed by atoms with Gasteiger partial charge in [0.2, 0.25) is 0 Å². The molecule has 0 aliphatic rings. The highest BCUT2D eigenvalue weighted by Gasteiger charge is 1.99. The zero-order valence-corrected chi connectivity index (χ0v) is 11.3. The van der Waals surface area contributed by atoms with Gasteiger partial charge in [0.05, 0.1) is 6.61 Å². The van der Waals surface area contributed by atoms with E-state index >= 15 is 0 Å². The SMILES string of the molecule is OCc1cccc(NC(=S)NCc2ccccc2)c1. The van der Waals surface area contributed by atoms with Gasteiger partial charge < -0.3 is 15.7 Å². The maximum Gasteiger partial charge on any atom is 0.171 e. The molecule has 0 atom stereocenters. The summed E-state index contributed by atoms with van der Waals surface area (Å²) < 4.78 is 0. The van der Waals surface area contributed by atoms with Crippen molar-refractivity contribution < 1.29 is 5.11 Å². The first-order valence-corrected chi connectivity index (χ1v) is 6.47. The summed E-state index contributed by atoms with van der Waals surface area (Å²) in [6, 6.07) is 17.6. The molecule has 3 N–H and O–H groups in total. The van der Waals surface area contributed by atoms with Gasteiger partial charge >= 0.3 is 0 Å². The number of hydrogen-bond donors (Lipinski definition) is 3. The molecule has 19 heavy (non-hydrogen) atoms. The van der Waals surface area contributed by atoms with Crippen LogP contribution in [-0.2, 0) is 13.2 Å². The second kappa shape index (κ2) is 6.87. The van der Waals surface area contributed by atoms with Crippen LogP contribution >= 0.6 is 12.2 Å². The highest BCUT2D eigenvalue weighted by atomic mass is 32.1. The van der Waals surface area contributed by atoms with E-state index in [1.165, 1.54) is 5.56 Å². The summed E-state index contributed by atoms with van der Waals surface area (Å²) in [5, 5.41) is 15.9. The molecular weight excluding hydrogens is 256 g/mol. The molecule has 0 unspecified atom stereocenters. The van der Waals surface area contributed by atoms with E-state index in [1.54, 1.807) is 0 Å². The zero-order chi connectivity index (χ0) is 13.5. The predicted molar refractivity (Wildman–Crippen MR) is 81.9 cm³/mol. The van der Waals surface area contributed by atoms with Gasteiger partial charge in [-0.2, -0.15) is 0 Å². The van der Waals surface area contributed by atoms with Crippen LogP contribution in [0.1, 0.15) is 11.1 Å². The molecule has 4 heteroatoms. The lowest BCUT2D eigenvalue weighted by atomic mass is 10.2. The molecule has 0 saturated heterocycles. The Morgan fingerprint density at radius 2 is 1.74 bits per heavy atom. The number of hydrogen-bond acceptors (Lipinski definition) is 2.